The highest BCUT2D eigenvalue weighted by Crippen LogP contribution is 2.33. The lowest BCUT2D eigenvalue weighted by atomic mass is 10.00. The molecule has 2 atom stereocenters. The molecule has 0 amide bonds. The molecule has 0 radical (unpaired) electrons. The largest absolute Gasteiger partial charge is 0.281 e. The molecule has 0 bridgehead atoms. The molecule has 0 spiro atoms. The van der Waals surface area contributed by atoms with Crippen LogP contribution in [0.1, 0.15) is 36.9 Å². The zero-order valence-corrected chi connectivity index (χ0v) is 17.7. The van der Waals surface area contributed by atoms with Gasteiger partial charge < -0.3 is 0 Å². The molecule has 0 aliphatic carbocycles. The molecule has 2 aromatic carbocycles. The fourth-order valence-electron chi connectivity index (χ4n) is 3.55. The highest BCUT2D eigenvalue weighted by atomic mass is 32.2. The van der Waals surface area contributed by atoms with Crippen LogP contribution in [0.2, 0.25) is 0 Å². The molecule has 2 unspecified atom stereocenters. The van der Waals surface area contributed by atoms with E-state index in [0.29, 0.717) is 5.56 Å². The van der Waals surface area contributed by atoms with Gasteiger partial charge in [-0.15, -0.1) is 21.0 Å². The molecule has 0 N–H and O–H groups in total. The summed E-state index contributed by atoms with van der Waals surface area (Å²) in [7, 11) is 2.62. The van der Waals surface area contributed by atoms with E-state index in [9.17, 15) is 4.39 Å². The number of hydrogen-bond acceptors (Lipinski definition) is 3. The van der Waals surface area contributed by atoms with E-state index in [2.05, 4.69) is 57.5 Å². The number of rotatable bonds is 5. The highest BCUT2D eigenvalue weighted by molar-refractivity contribution is 7.99. The predicted molar refractivity (Wildman–Crippen MR) is 120 cm³/mol. The summed E-state index contributed by atoms with van der Waals surface area (Å²) in [6.07, 6.45) is 3.64. The zero-order valence-electron chi connectivity index (χ0n) is 15.7. The van der Waals surface area contributed by atoms with Crippen LogP contribution in [-0.2, 0) is 0 Å². The Balaban J connectivity index is 1.54. The van der Waals surface area contributed by atoms with Crippen molar-refractivity contribution in [2.24, 2.45) is 4.99 Å². The van der Waals surface area contributed by atoms with Gasteiger partial charge in [0.1, 0.15) is 5.82 Å². The van der Waals surface area contributed by atoms with Gasteiger partial charge in [0.2, 0.25) is 0 Å². The second kappa shape index (κ2) is 8.55. The molecular formula is C23H22FN2PS. The standard InChI is InChI=1S/C23H22FN2PS/c1-2-28-22-13-10-17(14-25-22)15-6-8-16(9-7-15)19-11-12-20(26-19)23-18(24)4-3-5-21(23)27/h3-10,13-14,19H,2,11-12,27H2,1H3. The van der Waals surface area contributed by atoms with Crippen molar-refractivity contribution < 1.29 is 4.39 Å². The summed E-state index contributed by atoms with van der Waals surface area (Å²) in [5, 5.41) is 1.92. The van der Waals surface area contributed by atoms with Crippen molar-refractivity contribution in [2.45, 2.75) is 30.8 Å². The minimum Gasteiger partial charge on any atom is -0.281 e. The molecule has 5 heteroatoms. The van der Waals surface area contributed by atoms with Crippen molar-refractivity contribution in [3.63, 3.8) is 0 Å². The van der Waals surface area contributed by atoms with E-state index < -0.39 is 0 Å². The maximum atomic E-state index is 14.2. The fraction of sp³-hybridized carbons (Fsp3) is 0.217. The van der Waals surface area contributed by atoms with Gasteiger partial charge in [0, 0.05) is 23.0 Å². The minimum absolute atomic E-state index is 0.0921. The van der Waals surface area contributed by atoms with Crippen LogP contribution < -0.4 is 5.30 Å². The second-order valence-electron chi connectivity index (χ2n) is 6.77. The Labute approximate surface area is 171 Å². The van der Waals surface area contributed by atoms with E-state index in [1.807, 2.05) is 12.3 Å². The molecule has 28 heavy (non-hydrogen) atoms. The Morgan fingerprint density at radius 1 is 1.07 bits per heavy atom. The van der Waals surface area contributed by atoms with Crippen LogP contribution in [0.5, 0.6) is 0 Å². The van der Waals surface area contributed by atoms with Gasteiger partial charge in [-0.3, -0.25) is 4.99 Å². The first-order chi connectivity index (χ1) is 13.7. The number of aromatic nitrogens is 1. The SMILES string of the molecule is CCSc1ccc(-c2ccc(C3CCC(c4c(F)cccc4P)=N3)cc2)cn1. The first-order valence-corrected chi connectivity index (χ1v) is 11.0. The van der Waals surface area contributed by atoms with Gasteiger partial charge >= 0.3 is 0 Å². The summed E-state index contributed by atoms with van der Waals surface area (Å²) in [5.41, 5.74) is 4.94. The minimum atomic E-state index is -0.195. The molecule has 4 rings (SSSR count). The number of hydrogen-bond donors (Lipinski definition) is 0. The Morgan fingerprint density at radius 3 is 2.54 bits per heavy atom. The maximum absolute atomic E-state index is 14.2. The van der Waals surface area contributed by atoms with Gasteiger partial charge in [-0.1, -0.05) is 49.4 Å². The average Bonchev–Trinajstić information content (AvgIpc) is 3.19. The quantitative estimate of drug-likeness (QED) is 0.392. The molecule has 0 fully saturated rings. The molecular weight excluding hydrogens is 386 g/mol. The van der Waals surface area contributed by atoms with Crippen molar-refractivity contribution in [1.82, 2.24) is 4.98 Å². The van der Waals surface area contributed by atoms with E-state index in [-0.39, 0.29) is 11.9 Å². The molecule has 2 nitrogen and oxygen atoms in total. The molecule has 3 aromatic rings. The lowest BCUT2D eigenvalue weighted by Crippen LogP contribution is -2.11. The van der Waals surface area contributed by atoms with Crippen LogP contribution in [-0.4, -0.2) is 16.4 Å². The molecule has 142 valence electrons. The summed E-state index contributed by atoms with van der Waals surface area (Å²) in [4.78, 5) is 9.34. The third kappa shape index (κ3) is 4.04. The topological polar surface area (TPSA) is 25.2 Å². The Kier molecular flexibility index (Phi) is 5.89. The van der Waals surface area contributed by atoms with E-state index >= 15 is 0 Å². The smallest absolute Gasteiger partial charge is 0.132 e. The number of aliphatic imine (C=N–C) groups is 1. The van der Waals surface area contributed by atoms with Gasteiger partial charge in [0.25, 0.3) is 0 Å². The Bertz CT molecular complexity index is 980. The number of thioether (sulfide) groups is 1. The molecule has 1 aliphatic heterocycles. The summed E-state index contributed by atoms with van der Waals surface area (Å²) in [5.74, 6) is 0.829. The van der Waals surface area contributed by atoms with Gasteiger partial charge in [0.15, 0.2) is 0 Å². The summed E-state index contributed by atoms with van der Waals surface area (Å²) >= 11 is 1.74. The van der Waals surface area contributed by atoms with Crippen molar-refractivity contribution in [3.05, 3.63) is 77.7 Å². The highest BCUT2D eigenvalue weighted by Gasteiger charge is 2.23. The number of benzene rings is 2. The molecule has 0 saturated carbocycles. The third-order valence-electron chi connectivity index (χ3n) is 4.96. The Hall–Kier alpha value is -2.03. The van der Waals surface area contributed by atoms with Crippen molar-refractivity contribution >= 4 is 32.0 Å². The normalized spacial score (nSPS) is 16.2. The van der Waals surface area contributed by atoms with E-state index in [1.165, 1.54) is 11.6 Å². The van der Waals surface area contributed by atoms with Crippen molar-refractivity contribution in [3.8, 4) is 11.1 Å². The van der Waals surface area contributed by atoms with Crippen LogP contribution in [0.3, 0.4) is 0 Å². The van der Waals surface area contributed by atoms with Gasteiger partial charge in [-0.25, -0.2) is 9.37 Å². The van der Waals surface area contributed by atoms with Gasteiger partial charge in [0.05, 0.1) is 11.1 Å². The van der Waals surface area contributed by atoms with Crippen LogP contribution >= 0.6 is 21.0 Å². The molecule has 2 heterocycles. The molecule has 0 saturated heterocycles. The Morgan fingerprint density at radius 2 is 1.86 bits per heavy atom. The van der Waals surface area contributed by atoms with Crippen LogP contribution in [0.25, 0.3) is 11.1 Å². The third-order valence-corrected chi connectivity index (χ3v) is 6.27. The fourth-order valence-corrected chi connectivity index (χ4v) is 4.55. The van der Waals surface area contributed by atoms with Crippen molar-refractivity contribution in [2.75, 3.05) is 5.75 Å². The number of pyridine rings is 1. The van der Waals surface area contributed by atoms with Crippen LogP contribution in [0.4, 0.5) is 4.39 Å². The summed E-state index contributed by atoms with van der Waals surface area (Å²) in [6, 6.07) is 17.9. The predicted octanol–water partition coefficient (Wildman–Crippen LogP) is 5.82. The second-order valence-corrected chi connectivity index (χ2v) is 8.68. The van der Waals surface area contributed by atoms with Crippen molar-refractivity contribution in [1.29, 1.82) is 0 Å². The number of halogens is 1. The first-order valence-electron chi connectivity index (χ1n) is 9.46. The lowest BCUT2D eigenvalue weighted by Gasteiger charge is -2.09. The van der Waals surface area contributed by atoms with E-state index in [4.69, 9.17) is 4.99 Å². The lowest BCUT2D eigenvalue weighted by molar-refractivity contribution is 0.626. The van der Waals surface area contributed by atoms with Crippen LogP contribution in [0, 0.1) is 5.82 Å². The zero-order chi connectivity index (χ0) is 19.5. The average molecular weight is 408 g/mol. The molecule has 1 aliphatic rings. The first kappa shape index (κ1) is 19.3. The van der Waals surface area contributed by atoms with E-state index in [0.717, 1.165) is 45.8 Å². The summed E-state index contributed by atoms with van der Waals surface area (Å²) < 4.78 is 14.2. The maximum Gasteiger partial charge on any atom is 0.132 e. The van der Waals surface area contributed by atoms with E-state index in [1.54, 1.807) is 17.8 Å². The molecule has 1 aromatic heterocycles. The van der Waals surface area contributed by atoms with Gasteiger partial charge in [-0.2, -0.15) is 0 Å². The van der Waals surface area contributed by atoms with Crippen LogP contribution in [0.15, 0.2) is 70.8 Å². The summed E-state index contributed by atoms with van der Waals surface area (Å²) in [6.45, 7) is 2.13. The van der Waals surface area contributed by atoms with Gasteiger partial charge in [-0.05, 0) is 47.2 Å². The monoisotopic (exact) mass is 408 g/mol. The number of nitrogens with zero attached hydrogens (tertiary/aromatic N) is 2.